The number of imidazole rings is 1. The molecule has 0 fully saturated rings. The van der Waals surface area contributed by atoms with Crippen LogP contribution in [0.2, 0.25) is 0 Å². The molecule has 42 heavy (non-hydrogen) atoms. The molecule has 0 N–H and O–H groups in total. The first-order valence-corrected chi connectivity index (χ1v) is 15.0. The zero-order chi connectivity index (χ0) is 27.6. The molecule has 0 aliphatic heterocycles. The van der Waals surface area contributed by atoms with Crippen LogP contribution in [0.1, 0.15) is 0 Å². The summed E-state index contributed by atoms with van der Waals surface area (Å²) in [6, 6.07) is 52.6. The maximum absolute atomic E-state index is 4.96. The molecular formula is C39H24N2S. The summed E-state index contributed by atoms with van der Waals surface area (Å²) >= 11 is 1.78. The van der Waals surface area contributed by atoms with Gasteiger partial charge in [-0.1, -0.05) is 114 Å². The van der Waals surface area contributed by atoms with E-state index in [1.807, 2.05) is 0 Å². The van der Waals surface area contributed by atoms with E-state index in [1.165, 1.54) is 65.1 Å². The summed E-state index contributed by atoms with van der Waals surface area (Å²) in [6.45, 7) is 0. The van der Waals surface area contributed by atoms with Gasteiger partial charge in [0.05, 0.1) is 21.3 Å². The third-order valence-corrected chi connectivity index (χ3v) is 9.45. The van der Waals surface area contributed by atoms with E-state index in [9.17, 15) is 0 Å². The fourth-order valence-electron chi connectivity index (χ4n) is 6.35. The van der Waals surface area contributed by atoms with Crippen LogP contribution in [0, 0.1) is 0 Å². The lowest BCUT2D eigenvalue weighted by molar-refractivity contribution is 1.35. The molecule has 0 radical (unpaired) electrons. The molecule has 0 amide bonds. The Morgan fingerprint density at radius 1 is 0.452 bits per heavy atom. The van der Waals surface area contributed by atoms with E-state index >= 15 is 0 Å². The van der Waals surface area contributed by atoms with E-state index in [0.717, 1.165) is 16.0 Å². The minimum atomic E-state index is 1.04. The lowest BCUT2D eigenvalue weighted by atomic mass is 9.92. The molecule has 0 aliphatic rings. The van der Waals surface area contributed by atoms with Crippen LogP contribution in [-0.4, -0.2) is 9.38 Å². The van der Waals surface area contributed by atoms with Gasteiger partial charge in [-0.3, -0.25) is 4.40 Å². The van der Waals surface area contributed by atoms with Gasteiger partial charge >= 0.3 is 0 Å². The van der Waals surface area contributed by atoms with Crippen molar-refractivity contribution >= 4 is 59.1 Å². The highest BCUT2D eigenvalue weighted by Crippen LogP contribution is 2.40. The highest BCUT2D eigenvalue weighted by atomic mass is 32.1. The molecule has 9 aromatic rings. The van der Waals surface area contributed by atoms with Crippen molar-refractivity contribution in [3.05, 3.63) is 146 Å². The second-order valence-corrected chi connectivity index (χ2v) is 11.8. The third kappa shape index (κ3) is 3.61. The molecule has 2 aromatic heterocycles. The summed E-state index contributed by atoms with van der Waals surface area (Å²) in [5.41, 5.74) is 10.7. The van der Waals surface area contributed by atoms with Gasteiger partial charge in [0.15, 0.2) is 4.96 Å². The standard InChI is InChI=1S/C39H24N2S/c1-3-9-25(10-4-1)30-21-31(26-11-5-2-6-12-26)23-32(22-30)29-18-16-27-15-17-28-19-20-36-38(37(28)33(27)24-29)42-39-40-34-13-7-8-14-35(34)41(36)39/h1-24H. The number of hydrogen-bond donors (Lipinski definition) is 0. The van der Waals surface area contributed by atoms with Gasteiger partial charge < -0.3 is 0 Å². The molecule has 3 heteroatoms. The maximum atomic E-state index is 4.96. The number of nitrogens with zero attached hydrogens (tertiary/aromatic N) is 2. The molecule has 0 unspecified atom stereocenters. The van der Waals surface area contributed by atoms with Gasteiger partial charge in [-0.2, -0.15) is 0 Å². The minimum Gasteiger partial charge on any atom is -0.283 e. The van der Waals surface area contributed by atoms with Crippen molar-refractivity contribution in [3.8, 4) is 33.4 Å². The largest absolute Gasteiger partial charge is 0.283 e. The van der Waals surface area contributed by atoms with Gasteiger partial charge in [-0.05, 0) is 92.0 Å². The number of thiazole rings is 1. The molecule has 0 bridgehead atoms. The van der Waals surface area contributed by atoms with Crippen LogP contribution >= 0.6 is 11.3 Å². The van der Waals surface area contributed by atoms with E-state index in [4.69, 9.17) is 4.98 Å². The predicted octanol–water partition coefficient (Wildman–Crippen LogP) is 11.0. The van der Waals surface area contributed by atoms with Crippen LogP contribution in [0.3, 0.4) is 0 Å². The Morgan fingerprint density at radius 2 is 1.05 bits per heavy atom. The fourth-order valence-corrected chi connectivity index (χ4v) is 7.55. The number of rotatable bonds is 3. The number of fused-ring (bicyclic) bond motifs is 9. The van der Waals surface area contributed by atoms with Crippen LogP contribution < -0.4 is 0 Å². The SMILES string of the molecule is c1ccc(-c2cc(-c3ccccc3)cc(-c3ccc4ccc5ccc6c(sc7nc8ccccc8n76)c5c4c3)c2)cc1. The van der Waals surface area contributed by atoms with Gasteiger partial charge in [-0.15, -0.1) is 0 Å². The van der Waals surface area contributed by atoms with Crippen molar-refractivity contribution in [1.82, 2.24) is 9.38 Å². The Hall–Kier alpha value is -5.25. The summed E-state index contributed by atoms with van der Waals surface area (Å²) in [6.07, 6.45) is 0. The average molecular weight is 553 g/mol. The molecule has 0 aliphatic carbocycles. The molecule has 196 valence electrons. The predicted molar refractivity (Wildman–Crippen MR) is 179 cm³/mol. The Kier molecular flexibility index (Phi) is 5.10. The van der Waals surface area contributed by atoms with E-state index < -0.39 is 0 Å². The molecule has 9 rings (SSSR count). The fraction of sp³-hybridized carbons (Fsp3) is 0. The van der Waals surface area contributed by atoms with E-state index in [0.29, 0.717) is 0 Å². The monoisotopic (exact) mass is 552 g/mol. The highest BCUT2D eigenvalue weighted by Gasteiger charge is 2.15. The number of para-hydroxylation sites is 2. The van der Waals surface area contributed by atoms with E-state index in [2.05, 4.69) is 150 Å². The molecule has 0 saturated carbocycles. The van der Waals surface area contributed by atoms with Crippen LogP contribution in [0.25, 0.3) is 81.1 Å². The molecule has 0 atom stereocenters. The first kappa shape index (κ1) is 23.5. The summed E-state index contributed by atoms with van der Waals surface area (Å²) in [4.78, 5) is 6.00. The van der Waals surface area contributed by atoms with Crippen molar-refractivity contribution in [2.75, 3.05) is 0 Å². The minimum absolute atomic E-state index is 1.04. The maximum Gasteiger partial charge on any atom is 0.195 e. The Morgan fingerprint density at radius 3 is 1.79 bits per heavy atom. The normalized spacial score (nSPS) is 11.8. The molecule has 0 saturated heterocycles. The number of aromatic nitrogens is 2. The van der Waals surface area contributed by atoms with Crippen molar-refractivity contribution in [2.24, 2.45) is 0 Å². The van der Waals surface area contributed by atoms with Crippen LogP contribution in [0.5, 0.6) is 0 Å². The van der Waals surface area contributed by atoms with Gasteiger partial charge in [0.2, 0.25) is 0 Å². The zero-order valence-corrected chi connectivity index (χ0v) is 23.5. The second kappa shape index (κ2) is 9.13. The zero-order valence-electron chi connectivity index (χ0n) is 22.7. The van der Waals surface area contributed by atoms with Gasteiger partial charge in [0.1, 0.15) is 0 Å². The van der Waals surface area contributed by atoms with E-state index in [-0.39, 0.29) is 0 Å². The van der Waals surface area contributed by atoms with Crippen LogP contribution in [-0.2, 0) is 0 Å². The Bertz CT molecular complexity index is 2390. The highest BCUT2D eigenvalue weighted by molar-refractivity contribution is 7.24. The summed E-state index contributed by atoms with van der Waals surface area (Å²) in [7, 11) is 0. The lowest BCUT2D eigenvalue weighted by Crippen LogP contribution is -1.87. The molecule has 2 heterocycles. The molecule has 7 aromatic carbocycles. The van der Waals surface area contributed by atoms with Gasteiger partial charge in [0, 0.05) is 5.39 Å². The first-order chi connectivity index (χ1) is 20.8. The van der Waals surface area contributed by atoms with Gasteiger partial charge in [0.25, 0.3) is 0 Å². The summed E-state index contributed by atoms with van der Waals surface area (Å²) in [5, 5.41) is 5.07. The molecular weight excluding hydrogens is 529 g/mol. The lowest BCUT2D eigenvalue weighted by Gasteiger charge is -2.13. The quantitative estimate of drug-likeness (QED) is 0.199. The smallest absolute Gasteiger partial charge is 0.195 e. The van der Waals surface area contributed by atoms with Crippen molar-refractivity contribution in [2.45, 2.75) is 0 Å². The first-order valence-electron chi connectivity index (χ1n) is 14.2. The summed E-state index contributed by atoms with van der Waals surface area (Å²) < 4.78 is 3.60. The third-order valence-electron chi connectivity index (χ3n) is 8.38. The molecule has 2 nitrogen and oxygen atoms in total. The number of benzene rings is 7. The van der Waals surface area contributed by atoms with Crippen LogP contribution in [0.4, 0.5) is 0 Å². The number of hydrogen-bond acceptors (Lipinski definition) is 2. The van der Waals surface area contributed by atoms with Crippen molar-refractivity contribution in [1.29, 1.82) is 0 Å². The second-order valence-electron chi connectivity index (χ2n) is 10.9. The van der Waals surface area contributed by atoms with Crippen LogP contribution in [0.15, 0.2) is 146 Å². The topological polar surface area (TPSA) is 17.3 Å². The average Bonchev–Trinajstić information content (AvgIpc) is 3.61. The summed E-state index contributed by atoms with van der Waals surface area (Å²) in [5.74, 6) is 0. The van der Waals surface area contributed by atoms with Gasteiger partial charge in [-0.25, -0.2) is 4.98 Å². The van der Waals surface area contributed by atoms with Crippen molar-refractivity contribution in [3.63, 3.8) is 0 Å². The Labute approximate surface area is 246 Å². The molecule has 0 spiro atoms. The Balaban J connectivity index is 1.31. The van der Waals surface area contributed by atoms with Crippen molar-refractivity contribution < 1.29 is 0 Å². The van der Waals surface area contributed by atoms with E-state index in [1.54, 1.807) is 11.3 Å².